The van der Waals surface area contributed by atoms with Crippen LogP contribution in [0.3, 0.4) is 0 Å². The maximum Gasteiger partial charge on any atom is 0.355 e. The number of rotatable bonds is 8. The molecule has 0 aliphatic carbocycles. The molecule has 0 spiro atoms. The summed E-state index contributed by atoms with van der Waals surface area (Å²) >= 11 is 1.67. The van der Waals surface area contributed by atoms with Crippen molar-refractivity contribution in [1.29, 1.82) is 0 Å². The number of hydrogen-bond acceptors (Lipinski definition) is 7. The summed E-state index contributed by atoms with van der Waals surface area (Å²) in [7, 11) is -0.762. The Hall–Kier alpha value is -1.96. The molecule has 1 fully saturated rings. The van der Waals surface area contributed by atoms with Crippen LogP contribution >= 0.6 is 19.8 Å². The van der Waals surface area contributed by atoms with Crippen molar-refractivity contribution in [2.45, 2.75) is 38.8 Å². The smallest absolute Gasteiger partial charge is 0.355 e. The van der Waals surface area contributed by atoms with Gasteiger partial charge in [0.1, 0.15) is 17.7 Å². The van der Waals surface area contributed by atoms with Gasteiger partial charge in [-0.2, -0.15) is 5.09 Å². The SMILES string of the molecule is CC[PH+](CC)N[C@@H]1C(=O)N2C(C(=O)OCc3ccc([N+](=O)[O-])cc3)=C(C)CS[C@@H]12. The van der Waals surface area contributed by atoms with Crippen molar-refractivity contribution in [3.8, 4) is 0 Å². The largest absolute Gasteiger partial charge is 0.456 e. The highest BCUT2D eigenvalue weighted by molar-refractivity contribution is 8.00. The summed E-state index contributed by atoms with van der Waals surface area (Å²) < 4.78 is 5.41. The van der Waals surface area contributed by atoms with Crippen molar-refractivity contribution in [2.75, 3.05) is 18.1 Å². The molecule has 2 aliphatic rings. The zero-order chi connectivity index (χ0) is 21.1. The Balaban J connectivity index is 1.65. The first-order valence-electron chi connectivity index (χ1n) is 9.53. The highest BCUT2D eigenvalue weighted by Gasteiger charge is 2.54. The maximum atomic E-state index is 12.8. The fourth-order valence-electron chi connectivity index (χ4n) is 3.37. The van der Waals surface area contributed by atoms with Gasteiger partial charge in [0, 0.05) is 17.9 Å². The fraction of sp³-hybridized carbons (Fsp3) is 0.474. The Kier molecular flexibility index (Phi) is 6.93. The van der Waals surface area contributed by atoms with Gasteiger partial charge in [-0.05, 0) is 44.0 Å². The minimum atomic E-state index is -0.762. The molecule has 3 rings (SSSR count). The molecule has 0 radical (unpaired) electrons. The van der Waals surface area contributed by atoms with E-state index in [9.17, 15) is 19.7 Å². The predicted molar refractivity (Wildman–Crippen MR) is 115 cm³/mol. The average Bonchev–Trinajstić information content (AvgIpc) is 2.72. The zero-order valence-electron chi connectivity index (χ0n) is 16.6. The van der Waals surface area contributed by atoms with Crippen molar-refractivity contribution in [1.82, 2.24) is 9.99 Å². The Morgan fingerprint density at radius 2 is 2.00 bits per heavy atom. The lowest BCUT2D eigenvalue weighted by Crippen LogP contribution is -2.69. The summed E-state index contributed by atoms with van der Waals surface area (Å²) in [6.07, 6.45) is 2.09. The molecule has 1 aromatic carbocycles. The van der Waals surface area contributed by atoms with E-state index in [4.69, 9.17) is 4.74 Å². The summed E-state index contributed by atoms with van der Waals surface area (Å²) in [5, 5.41) is 14.2. The van der Waals surface area contributed by atoms with Gasteiger partial charge in [0.25, 0.3) is 11.6 Å². The summed E-state index contributed by atoms with van der Waals surface area (Å²) in [5.41, 5.74) is 1.79. The molecule has 2 aliphatic heterocycles. The zero-order valence-corrected chi connectivity index (χ0v) is 18.5. The standard InChI is InChI=1S/C19H24N3O5PS/c1-4-28(5-2)20-15-17(23)21-16(12(3)11-29-18(15)21)19(24)27-10-13-6-8-14(9-7-13)22(25)26/h6-9,15,18,20H,4-5,10-11H2,1-3H3/p+1/t15-,18+/m1/s1. The van der Waals surface area contributed by atoms with Crippen LogP contribution in [-0.2, 0) is 20.9 Å². The summed E-state index contributed by atoms with van der Waals surface area (Å²) in [4.78, 5) is 37.3. The predicted octanol–water partition coefficient (Wildman–Crippen LogP) is 2.95. The van der Waals surface area contributed by atoms with Gasteiger partial charge >= 0.3 is 5.97 Å². The first-order valence-corrected chi connectivity index (χ1v) is 12.5. The minimum Gasteiger partial charge on any atom is -0.456 e. The van der Waals surface area contributed by atoms with Crippen LogP contribution in [0.2, 0.25) is 0 Å². The number of nitrogens with one attached hydrogen (secondary N) is 1. The Bertz CT molecular complexity index is 841. The summed E-state index contributed by atoms with van der Waals surface area (Å²) in [6, 6.07) is 5.62. The van der Waals surface area contributed by atoms with Gasteiger partial charge in [0.05, 0.1) is 25.3 Å². The number of carbonyl (C=O) groups is 2. The molecule has 0 unspecified atom stereocenters. The molecular weight excluding hydrogens is 413 g/mol. The lowest BCUT2D eigenvalue weighted by Gasteiger charge is -2.49. The number of fused-ring (bicyclic) bond motifs is 1. The van der Waals surface area contributed by atoms with Crippen LogP contribution in [0.15, 0.2) is 35.5 Å². The summed E-state index contributed by atoms with van der Waals surface area (Å²) in [5.74, 6) is 0.0669. The second-order valence-electron chi connectivity index (χ2n) is 6.97. The van der Waals surface area contributed by atoms with Crippen molar-refractivity contribution in [3.63, 3.8) is 0 Å². The first kappa shape index (κ1) is 21.7. The number of thioether (sulfide) groups is 1. The quantitative estimate of drug-likeness (QED) is 0.219. The van der Waals surface area contributed by atoms with Crippen molar-refractivity contribution in [2.24, 2.45) is 0 Å². The van der Waals surface area contributed by atoms with Crippen LogP contribution in [0.25, 0.3) is 0 Å². The average molecular weight is 438 g/mol. The van der Waals surface area contributed by atoms with Crippen molar-refractivity contribution >= 4 is 37.4 Å². The number of amides is 1. The van der Waals surface area contributed by atoms with Gasteiger partial charge in [-0.1, -0.05) is 0 Å². The van der Waals surface area contributed by atoms with Crippen LogP contribution in [0, 0.1) is 10.1 Å². The molecular formula is C19H25N3O5PS+. The number of hydrogen-bond donors (Lipinski definition) is 1. The molecule has 1 aromatic rings. The summed E-state index contributed by atoms with van der Waals surface area (Å²) in [6.45, 7) is 6.09. The number of nitrogens with zero attached hydrogens (tertiary/aromatic N) is 2. The Labute approximate surface area is 175 Å². The van der Waals surface area contributed by atoms with Gasteiger partial charge in [-0.3, -0.25) is 19.8 Å². The van der Waals surface area contributed by atoms with E-state index in [1.165, 1.54) is 12.1 Å². The van der Waals surface area contributed by atoms with Gasteiger partial charge in [-0.25, -0.2) is 4.79 Å². The molecule has 0 bridgehead atoms. The number of esters is 1. The molecule has 0 aromatic heterocycles. The molecule has 29 heavy (non-hydrogen) atoms. The van der Waals surface area contributed by atoms with E-state index in [1.807, 2.05) is 6.92 Å². The van der Waals surface area contributed by atoms with E-state index in [2.05, 4.69) is 18.9 Å². The number of β-lactam (4-membered cyclic amide) rings is 1. The van der Waals surface area contributed by atoms with E-state index in [1.54, 1.807) is 28.8 Å². The first-order chi connectivity index (χ1) is 13.9. The monoisotopic (exact) mass is 438 g/mol. The molecule has 2 heterocycles. The van der Waals surface area contributed by atoms with Gasteiger partial charge in [0.15, 0.2) is 6.04 Å². The lowest BCUT2D eigenvalue weighted by molar-refractivity contribution is -0.384. The van der Waals surface area contributed by atoms with Gasteiger partial charge in [-0.15, -0.1) is 11.8 Å². The van der Waals surface area contributed by atoms with Crippen LogP contribution in [0.5, 0.6) is 0 Å². The minimum absolute atomic E-state index is 0.00601. The number of nitro benzene ring substituents is 1. The van der Waals surface area contributed by atoms with E-state index in [0.717, 1.165) is 17.9 Å². The third-order valence-electron chi connectivity index (χ3n) is 5.08. The van der Waals surface area contributed by atoms with Gasteiger partial charge < -0.3 is 4.74 Å². The van der Waals surface area contributed by atoms with E-state index < -0.39 is 19.0 Å². The highest BCUT2D eigenvalue weighted by atomic mass is 32.2. The molecule has 1 amide bonds. The van der Waals surface area contributed by atoms with Crippen LogP contribution in [0.4, 0.5) is 5.69 Å². The van der Waals surface area contributed by atoms with E-state index in [-0.39, 0.29) is 29.6 Å². The molecule has 8 nitrogen and oxygen atoms in total. The van der Waals surface area contributed by atoms with Crippen LogP contribution < -0.4 is 5.09 Å². The van der Waals surface area contributed by atoms with E-state index in [0.29, 0.717) is 17.0 Å². The fourth-order valence-corrected chi connectivity index (χ4v) is 6.41. The van der Waals surface area contributed by atoms with Crippen molar-refractivity contribution in [3.05, 3.63) is 51.2 Å². The number of nitro groups is 1. The topological polar surface area (TPSA) is 102 Å². The second-order valence-corrected chi connectivity index (χ2v) is 11.0. The van der Waals surface area contributed by atoms with Gasteiger partial charge in [0.2, 0.25) is 0 Å². The lowest BCUT2D eigenvalue weighted by atomic mass is 10.0. The molecule has 156 valence electrons. The molecule has 0 saturated carbocycles. The molecule has 1 saturated heterocycles. The Morgan fingerprint density at radius 1 is 1.34 bits per heavy atom. The van der Waals surface area contributed by atoms with Crippen LogP contribution in [-0.4, -0.2) is 51.2 Å². The second kappa shape index (κ2) is 9.24. The normalized spacial score (nSPS) is 21.1. The third kappa shape index (κ3) is 4.47. The number of carbonyl (C=O) groups excluding carboxylic acids is 2. The number of ether oxygens (including phenoxy) is 1. The van der Waals surface area contributed by atoms with Crippen molar-refractivity contribution < 1.29 is 19.2 Å². The highest BCUT2D eigenvalue weighted by Crippen LogP contribution is 2.43. The van der Waals surface area contributed by atoms with Crippen LogP contribution in [0.1, 0.15) is 26.3 Å². The number of non-ortho nitro benzene ring substituents is 1. The Morgan fingerprint density at radius 3 is 2.59 bits per heavy atom. The molecule has 10 heteroatoms. The molecule has 2 atom stereocenters. The molecule has 1 N–H and O–H groups in total. The third-order valence-corrected chi connectivity index (χ3v) is 8.93. The van der Waals surface area contributed by atoms with E-state index >= 15 is 0 Å². The maximum absolute atomic E-state index is 12.8. The number of benzene rings is 1.